The molecule has 0 aromatic carbocycles. The number of aldehydes is 1. The van der Waals surface area contributed by atoms with Crippen molar-refractivity contribution in [2.24, 2.45) is 0 Å². The van der Waals surface area contributed by atoms with E-state index >= 15 is 0 Å². The number of hydrogen-bond donors (Lipinski definition) is 0. The molecular formula is C6H10N2O5. The predicted octanol–water partition coefficient (Wildman–Crippen LogP) is 0.226. The van der Waals surface area contributed by atoms with Crippen molar-refractivity contribution in [3.05, 3.63) is 10.1 Å². The molecule has 0 aromatic heterocycles. The molecule has 0 radical (unpaired) electrons. The summed E-state index contributed by atoms with van der Waals surface area (Å²) in [7, 11) is 0. The van der Waals surface area contributed by atoms with Gasteiger partial charge in [-0.05, 0) is 11.9 Å². The first kappa shape index (κ1) is 11.3. The molecule has 7 heteroatoms. The first-order valence-corrected chi connectivity index (χ1v) is 3.65. The zero-order valence-electron chi connectivity index (χ0n) is 7.13. The third-order valence-electron chi connectivity index (χ3n) is 1.13. The van der Waals surface area contributed by atoms with E-state index < -0.39 is 11.1 Å². The minimum atomic E-state index is -1.05. The summed E-state index contributed by atoms with van der Waals surface area (Å²) >= 11 is 0. The van der Waals surface area contributed by atoms with Crippen molar-refractivity contribution in [2.75, 3.05) is 13.2 Å². The molecule has 74 valence electrons. The Hall–Kier alpha value is -1.66. The highest BCUT2D eigenvalue weighted by molar-refractivity contribution is 5.66. The summed E-state index contributed by atoms with van der Waals surface area (Å²) in [5.74, 6) is 0. The SMILES string of the molecule is CCOC(=O)N(CCC=O)[N+](=O)[O-]. The van der Waals surface area contributed by atoms with Crippen LogP contribution < -0.4 is 0 Å². The summed E-state index contributed by atoms with van der Waals surface area (Å²) in [5, 5.41) is 9.60. The average Bonchev–Trinajstić information content (AvgIpc) is 2.05. The Kier molecular flexibility index (Phi) is 5.17. The van der Waals surface area contributed by atoms with Crippen LogP contribution in [0.4, 0.5) is 4.79 Å². The molecule has 0 aliphatic heterocycles. The van der Waals surface area contributed by atoms with Crippen LogP contribution in [0.3, 0.4) is 0 Å². The summed E-state index contributed by atoms with van der Waals surface area (Å²) in [6.45, 7) is 1.33. The van der Waals surface area contributed by atoms with Gasteiger partial charge in [-0.2, -0.15) is 0 Å². The number of ether oxygens (including phenoxy) is 1. The lowest BCUT2D eigenvalue weighted by Gasteiger charge is -2.09. The quantitative estimate of drug-likeness (QED) is 0.351. The molecule has 0 saturated carbocycles. The van der Waals surface area contributed by atoms with Crippen LogP contribution in [0, 0.1) is 10.1 Å². The Balaban J connectivity index is 4.15. The fraction of sp³-hybridized carbons (Fsp3) is 0.667. The number of hydrazine groups is 1. The number of amides is 1. The molecule has 0 aliphatic carbocycles. The molecule has 0 rings (SSSR count). The van der Waals surface area contributed by atoms with E-state index in [2.05, 4.69) is 4.74 Å². The van der Waals surface area contributed by atoms with Crippen LogP contribution in [0.1, 0.15) is 13.3 Å². The van der Waals surface area contributed by atoms with Gasteiger partial charge in [-0.1, -0.05) is 0 Å². The highest BCUT2D eigenvalue weighted by atomic mass is 16.7. The maximum atomic E-state index is 10.8. The molecule has 0 aliphatic rings. The lowest BCUT2D eigenvalue weighted by Crippen LogP contribution is -2.37. The van der Waals surface area contributed by atoms with E-state index in [1.54, 1.807) is 0 Å². The number of nitrogens with zero attached hydrogens (tertiary/aromatic N) is 2. The number of rotatable bonds is 5. The second-order valence-corrected chi connectivity index (χ2v) is 2.02. The maximum absolute atomic E-state index is 10.8. The van der Waals surface area contributed by atoms with Crippen LogP contribution >= 0.6 is 0 Å². The van der Waals surface area contributed by atoms with Gasteiger partial charge in [0, 0.05) is 6.42 Å². The Morgan fingerprint density at radius 2 is 2.31 bits per heavy atom. The van der Waals surface area contributed by atoms with E-state index in [1.165, 1.54) is 6.92 Å². The van der Waals surface area contributed by atoms with Crippen molar-refractivity contribution in [3.63, 3.8) is 0 Å². The molecule has 0 atom stereocenters. The van der Waals surface area contributed by atoms with Gasteiger partial charge in [-0.3, -0.25) is 0 Å². The van der Waals surface area contributed by atoms with Gasteiger partial charge in [0.15, 0.2) is 5.03 Å². The van der Waals surface area contributed by atoms with Gasteiger partial charge in [0.25, 0.3) is 0 Å². The Morgan fingerprint density at radius 3 is 2.69 bits per heavy atom. The van der Waals surface area contributed by atoms with Crippen molar-refractivity contribution in [2.45, 2.75) is 13.3 Å². The van der Waals surface area contributed by atoms with Gasteiger partial charge < -0.3 is 9.53 Å². The standard InChI is InChI=1S/C6H10N2O5/c1-2-13-6(10)7(8(11)12)4-3-5-9/h5H,2-4H2,1H3. The molecule has 0 heterocycles. The van der Waals surface area contributed by atoms with E-state index in [9.17, 15) is 19.7 Å². The predicted molar refractivity (Wildman–Crippen MR) is 41.4 cm³/mol. The molecule has 0 N–H and O–H groups in total. The van der Waals surface area contributed by atoms with Crippen molar-refractivity contribution in [1.82, 2.24) is 5.01 Å². The van der Waals surface area contributed by atoms with Crippen molar-refractivity contribution in [3.8, 4) is 0 Å². The fourth-order valence-corrected chi connectivity index (χ4v) is 0.613. The van der Waals surface area contributed by atoms with E-state index in [1.807, 2.05) is 0 Å². The summed E-state index contributed by atoms with van der Waals surface area (Å²) in [4.78, 5) is 31.0. The minimum Gasteiger partial charge on any atom is -0.446 e. The molecule has 0 bridgehead atoms. The third kappa shape index (κ3) is 4.04. The molecule has 0 saturated heterocycles. The molecule has 13 heavy (non-hydrogen) atoms. The summed E-state index contributed by atoms with van der Waals surface area (Å²) in [6, 6.07) is 0. The van der Waals surface area contributed by atoms with Gasteiger partial charge in [-0.15, -0.1) is 0 Å². The van der Waals surface area contributed by atoms with Crippen LogP contribution in [0.15, 0.2) is 0 Å². The van der Waals surface area contributed by atoms with Crippen LogP contribution in [-0.2, 0) is 9.53 Å². The topological polar surface area (TPSA) is 89.8 Å². The van der Waals surface area contributed by atoms with E-state index in [0.29, 0.717) is 6.29 Å². The molecule has 7 nitrogen and oxygen atoms in total. The monoisotopic (exact) mass is 190 g/mol. The maximum Gasteiger partial charge on any atom is 0.468 e. The first-order chi connectivity index (χ1) is 6.13. The van der Waals surface area contributed by atoms with Gasteiger partial charge in [0.2, 0.25) is 0 Å². The molecule has 1 amide bonds. The molecular weight excluding hydrogens is 180 g/mol. The molecule has 0 spiro atoms. The largest absolute Gasteiger partial charge is 0.468 e. The fourth-order valence-electron chi connectivity index (χ4n) is 0.613. The number of carbonyl (C=O) groups excluding carboxylic acids is 2. The number of hydrogen-bond acceptors (Lipinski definition) is 5. The highest BCUT2D eigenvalue weighted by Gasteiger charge is 2.24. The van der Waals surface area contributed by atoms with Crippen molar-refractivity contribution in [1.29, 1.82) is 0 Å². The van der Waals surface area contributed by atoms with Crippen LogP contribution in [-0.4, -0.2) is 35.6 Å². The van der Waals surface area contributed by atoms with Crippen LogP contribution in [0.25, 0.3) is 0 Å². The summed E-state index contributed by atoms with van der Waals surface area (Å²) in [5.41, 5.74) is 0. The zero-order chi connectivity index (χ0) is 10.3. The second-order valence-electron chi connectivity index (χ2n) is 2.02. The molecule has 0 fully saturated rings. The Labute approximate surface area is 74.4 Å². The molecule has 0 aromatic rings. The highest BCUT2D eigenvalue weighted by Crippen LogP contribution is 1.95. The smallest absolute Gasteiger partial charge is 0.446 e. The second kappa shape index (κ2) is 5.92. The van der Waals surface area contributed by atoms with Gasteiger partial charge >= 0.3 is 6.09 Å². The van der Waals surface area contributed by atoms with Gasteiger partial charge in [0.1, 0.15) is 6.29 Å². The Morgan fingerprint density at radius 1 is 1.69 bits per heavy atom. The van der Waals surface area contributed by atoms with Gasteiger partial charge in [-0.25, -0.2) is 14.9 Å². The minimum absolute atomic E-state index is 0.0598. The zero-order valence-corrected chi connectivity index (χ0v) is 7.13. The van der Waals surface area contributed by atoms with E-state index in [-0.39, 0.29) is 24.6 Å². The van der Waals surface area contributed by atoms with Gasteiger partial charge in [0.05, 0.1) is 13.2 Å². The van der Waals surface area contributed by atoms with Crippen molar-refractivity contribution >= 4 is 12.4 Å². The van der Waals surface area contributed by atoms with Crippen LogP contribution in [0.5, 0.6) is 0 Å². The Bertz CT molecular complexity index is 205. The summed E-state index contributed by atoms with van der Waals surface area (Å²) in [6.07, 6.45) is -0.635. The van der Waals surface area contributed by atoms with Crippen LogP contribution in [0.2, 0.25) is 0 Å². The van der Waals surface area contributed by atoms with E-state index in [0.717, 1.165) is 0 Å². The lowest BCUT2D eigenvalue weighted by molar-refractivity contribution is -0.634. The number of nitro groups is 1. The molecule has 0 unspecified atom stereocenters. The average molecular weight is 190 g/mol. The van der Waals surface area contributed by atoms with Crippen molar-refractivity contribution < 1.29 is 19.4 Å². The summed E-state index contributed by atoms with van der Waals surface area (Å²) < 4.78 is 4.39. The lowest BCUT2D eigenvalue weighted by atomic mass is 10.5. The third-order valence-corrected chi connectivity index (χ3v) is 1.13. The van der Waals surface area contributed by atoms with E-state index in [4.69, 9.17) is 0 Å². The first-order valence-electron chi connectivity index (χ1n) is 3.65. The number of carbonyl (C=O) groups is 2. The normalized spacial score (nSPS) is 9.00.